The van der Waals surface area contributed by atoms with Crippen LogP contribution in [0.3, 0.4) is 0 Å². The first kappa shape index (κ1) is 25.1. The van der Waals surface area contributed by atoms with Gasteiger partial charge in [-0.3, -0.25) is 24.5 Å². The molecule has 1 unspecified atom stereocenters. The number of benzene rings is 4. The fourth-order valence-corrected chi connectivity index (χ4v) is 7.03. The van der Waals surface area contributed by atoms with Gasteiger partial charge in [-0.05, 0) is 29.3 Å². The van der Waals surface area contributed by atoms with Gasteiger partial charge in [-0.1, -0.05) is 90.5 Å². The fraction of sp³-hybridized carbons (Fsp3) is 0.121. The van der Waals surface area contributed by atoms with E-state index in [2.05, 4.69) is 0 Å². The summed E-state index contributed by atoms with van der Waals surface area (Å²) in [5, 5.41) is 12.1. The number of para-hydroxylation sites is 1. The van der Waals surface area contributed by atoms with Crippen molar-refractivity contribution in [2.45, 2.75) is 18.0 Å². The Morgan fingerprint density at radius 1 is 0.854 bits per heavy atom. The number of Topliss-reactive ketones (excluding diaryl/α,β-unsaturated/α-hetero) is 3. The van der Waals surface area contributed by atoms with E-state index in [0.717, 1.165) is 5.56 Å². The van der Waals surface area contributed by atoms with Gasteiger partial charge in [0.2, 0.25) is 0 Å². The van der Waals surface area contributed by atoms with Crippen LogP contribution in [-0.4, -0.2) is 34.4 Å². The summed E-state index contributed by atoms with van der Waals surface area (Å²) in [6.45, 7) is 0. The zero-order valence-electron chi connectivity index (χ0n) is 21.4. The summed E-state index contributed by atoms with van der Waals surface area (Å²) in [6, 6.07) is 24.9. The lowest BCUT2D eigenvalue weighted by Crippen LogP contribution is -2.48. The Morgan fingerprint density at radius 3 is 2.20 bits per heavy atom. The predicted octanol–water partition coefficient (Wildman–Crippen LogP) is 6.56. The minimum absolute atomic E-state index is 0.126. The topological polar surface area (TPSA) is 97.6 Å². The van der Waals surface area contributed by atoms with Gasteiger partial charge in [0.15, 0.2) is 17.3 Å². The molecule has 0 N–H and O–H groups in total. The summed E-state index contributed by atoms with van der Waals surface area (Å²) >= 11 is 6.24. The van der Waals surface area contributed by atoms with Crippen molar-refractivity contribution >= 4 is 46.4 Å². The van der Waals surface area contributed by atoms with Gasteiger partial charge in [-0.25, -0.2) is 0 Å². The van der Waals surface area contributed by atoms with Crippen molar-refractivity contribution in [2.75, 3.05) is 4.90 Å². The highest BCUT2D eigenvalue weighted by atomic mass is 35.5. The van der Waals surface area contributed by atoms with Crippen molar-refractivity contribution in [3.8, 4) is 0 Å². The molecule has 0 amide bonds. The molecular formula is C33H21ClN2O5. The maximum atomic E-state index is 14.6. The molecule has 1 saturated heterocycles. The third-order valence-corrected chi connectivity index (χ3v) is 8.80. The van der Waals surface area contributed by atoms with Crippen molar-refractivity contribution in [1.82, 2.24) is 0 Å². The van der Waals surface area contributed by atoms with Crippen LogP contribution in [0, 0.1) is 15.5 Å². The molecule has 7 rings (SSSR count). The number of carbonyl (C=O) groups is 3. The number of nitro groups is 1. The molecule has 4 aromatic carbocycles. The van der Waals surface area contributed by atoms with Crippen molar-refractivity contribution in [2.24, 2.45) is 5.41 Å². The van der Waals surface area contributed by atoms with E-state index >= 15 is 0 Å². The number of ketones is 3. The SMILES string of the molecule is O=C(c1cccc([N+](=O)[O-])c1)[C@@H]1[C@@H](c2ccc(Cl)cc2)C2(C(=O)c3ccccc3C2=O)C2C=Cc3ccccc3N21. The summed E-state index contributed by atoms with van der Waals surface area (Å²) in [7, 11) is 0. The zero-order chi connectivity index (χ0) is 28.5. The molecule has 0 bridgehead atoms. The molecule has 41 heavy (non-hydrogen) atoms. The molecule has 0 aromatic heterocycles. The maximum Gasteiger partial charge on any atom is 0.270 e. The van der Waals surface area contributed by atoms with Crippen LogP contribution in [0.15, 0.2) is 103 Å². The van der Waals surface area contributed by atoms with Crippen LogP contribution < -0.4 is 4.90 Å². The Bertz CT molecular complexity index is 1790. The quantitative estimate of drug-likeness (QED) is 0.121. The monoisotopic (exact) mass is 560 g/mol. The lowest BCUT2D eigenvalue weighted by atomic mass is 9.64. The van der Waals surface area contributed by atoms with Crippen LogP contribution >= 0.6 is 11.6 Å². The Hall–Kier alpha value is -4.88. The normalized spacial score (nSPS) is 21.5. The van der Waals surface area contributed by atoms with E-state index in [0.29, 0.717) is 27.4 Å². The molecule has 0 saturated carbocycles. The average Bonchev–Trinajstić information content (AvgIpc) is 3.43. The minimum atomic E-state index is -1.65. The number of hydrogen-bond acceptors (Lipinski definition) is 6. The molecule has 3 atom stereocenters. The van der Waals surface area contributed by atoms with Gasteiger partial charge in [0, 0.05) is 45.5 Å². The van der Waals surface area contributed by atoms with Gasteiger partial charge in [0.05, 0.1) is 11.0 Å². The molecule has 8 heteroatoms. The Labute approximate surface area is 239 Å². The summed E-state index contributed by atoms with van der Waals surface area (Å²) in [6.07, 6.45) is 3.73. The zero-order valence-corrected chi connectivity index (χ0v) is 22.2. The first-order valence-electron chi connectivity index (χ1n) is 13.1. The second-order valence-corrected chi connectivity index (χ2v) is 10.9. The van der Waals surface area contributed by atoms with Crippen LogP contribution in [0.4, 0.5) is 11.4 Å². The van der Waals surface area contributed by atoms with E-state index < -0.39 is 34.1 Å². The number of hydrogen-bond donors (Lipinski definition) is 0. The summed E-state index contributed by atoms with van der Waals surface area (Å²) < 4.78 is 0. The molecule has 1 fully saturated rings. The molecule has 200 valence electrons. The van der Waals surface area contributed by atoms with Crippen LogP contribution in [0.2, 0.25) is 5.02 Å². The number of nitrogens with zero attached hydrogens (tertiary/aromatic N) is 2. The maximum absolute atomic E-state index is 14.6. The minimum Gasteiger partial charge on any atom is -0.352 e. The highest BCUT2D eigenvalue weighted by Gasteiger charge is 2.71. The van der Waals surface area contributed by atoms with Crippen LogP contribution in [0.1, 0.15) is 48.1 Å². The van der Waals surface area contributed by atoms with Gasteiger partial charge < -0.3 is 4.90 Å². The fourth-order valence-electron chi connectivity index (χ4n) is 6.90. The largest absolute Gasteiger partial charge is 0.352 e. The Kier molecular flexibility index (Phi) is 5.56. The molecule has 7 nitrogen and oxygen atoms in total. The summed E-state index contributed by atoms with van der Waals surface area (Å²) in [5.74, 6) is -2.02. The molecule has 1 aliphatic carbocycles. The van der Waals surface area contributed by atoms with Gasteiger partial charge in [0.1, 0.15) is 11.5 Å². The molecular weight excluding hydrogens is 540 g/mol. The van der Waals surface area contributed by atoms with Crippen molar-refractivity contribution < 1.29 is 19.3 Å². The molecule has 2 heterocycles. The Balaban J connectivity index is 1.54. The Morgan fingerprint density at radius 2 is 1.51 bits per heavy atom. The molecule has 4 aromatic rings. The van der Waals surface area contributed by atoms with Gasteiger partial charge in [-0.2, -0.15) is 0 Å². The van der Waals surface area contributed by atoms with Gasteiger partial charge in [0.25, 0.3) is 5.69 Å². The highest BCUT2D eigenvalue weighted by Crippen LogP contribution is 2.61. The third-order valence-electron chi connectivity index (χ3n) is 8.55. The third kappa shape index (κ3) is 3.42. The number of carbonyl (C=O) groups excluding carboxylic acids is 3. The standard InChI is InChI=1S/C33H21ClN2O5/c34-22-15-12-20(13-16-22)28-29(30(37)21-7-5-8-23(18-21)36(40)41)35-26-11-4-1-6-19(26)14-17-27(35)33(28)31(38)24-9-2-3-10-25(24)32(33)39/h1-18,27-29H/t27?,28-,29+/m1/s1. The van der Waals surface area contributed by atoms with E-state index in [1.165, 1.54) is 24.3 Å². The average molecular weight is 561 g/mol. The predicted molar refractivity (Wildman–Crippen MR) is 155 cm³/mol. The molecule has 1 spiro atoms. The van der Waals surface area contributed by atoms with E-state index in [1.54, 1.807) is 48.5 Å². The highest BCUT2D eigenvalue weighted by molar-refractivity contribution is 6.32. The molecule has 3 aliphatic rings. The lowest BCUT2D eigenvalue weighted by Gasteiger charge is -2.37. The number of nitro benzene ring substituents is 1. The van der Waals surface area contributed by atoms with Gasteiger partial charge >= 0.3 is 0 Å². The number of non-ortho nitro benzene ring substituents is 1. The van der Waals surface area contributed by atoms with Crippen molar-refractivity contribution in [3.05, 3.63) is 146 Å². The number of fused-ring (bicyclic) bond motifs is 5. The number of anilines is 1. The van der Waals surface area contributed by atoms with Gasteiger partial charge in [-0.15, -0.1) is 0 Å². The first-order valence-corrected chi connectivity index (χ1v) is 13.5. The second kappa shape index (κ2) is 9.08. The first-order chi connectivity index (χ1) is 19.8. The molecule has 2 aliphatic heterocycles. The smallest absolute Gasteiger partial charge is 0.270 e. The number of halogens is 1. The lowest BCUT2D eigenvalue weighted by molar-refractivity contribution is -0.384. The van der Waals surface area contributed by atoms with Crippen molar-refractivity contribution in [3.63, 3.8) is 0 Å². The van der Waals surface area contributed by atoms with Crippen LogP contribution in [-0.2, 0) is 0 Å². The van der Waals surface area contributed by atoms with E-state index in [9.17, 15) is 24.5 Å². The van der Waals surface area contributed by atoms with E-state index in [-0.39, 0.29) is 22.8 Å². The van der Waals surface area contributed by atoms with Crippen LogP contribution in [0.5, 0.6) is 0 Å². The number of rotatable bonds is 4. The van der Waals surface area contributed by atoms with Crippen LogP contribution in [0.25, 0.3) is 6.08 Å². The second-order valence-electron chi connectivity index (χ2n) is 10.5. The van der Waals surface area contributed by atoms with E-state index in [1.807, 2.05) is 41.3 Å². The van der Waals surface area contributed by atoms with E-state index in [4.69, 9.17) is 11.6 Å². The molecule has 0 radical (unpaired) electrons. The summed E-state index contributed by atoms with van der Waals surface area (Å²) in [5.41, 5.74) is 1.05. The van der Waals surface area contributed by atoms with Crippen molar-refractivity contribution in [1.29, 1.82) is 0 Å². The summed E-state index contributed by atoms with van der Waals surface area (Å²) in [4.78, 5) is 56.7.